The Morgan fingerprint density at radius 2 is 1.64 bits per heavy atom. The zero-order valence-corrected chi connectivity index (χ0v) is 24.5. The number of hydrogen-bond acceptors (Lipinski definition) is 5. The van der Waals surface area contributed by atoms with Crippen molar-refractivity contribution in [2.45, 2.75) is 91.5 Å². The van der Waals surface area contributed by atoms with Crippen LogP contribution in [-0.2, 0) is 14.3 Å². The lowest BCUT2D eigenvalue weighted by atomic mass is 9.86. The van der Waals surface area contributed by atoms with Gasteiger partial charge in [0.25, 0.3) is 5.91 Å². The zero-order valence-electron chi connectivity index (χ0n) is 24.5. The first kappa shape index (κ1) is 30.0. The third-order valence-corrected chi connectivity index (χ3v) is 7.15. The minimum Gasteiger partial charge on any atom is -0.497 e. The normalized spacial score (nSPS) is 15.1. The number of aryl methyl sites for hydroxylation is 1. The Bertz CT molecular complexity index is 1170. The molecule has 3 rings (SSSR count). The maximum absolute atomic E-state index is 14.3. The van der Waals surface area contributed by atoms with Gasteiger partial charge in [0.2, 0.25) is 5.91 Å². The summed E-state index contributed by atoms with van der Waals surface area (Å²) in [7, 11) is 1.59. The van der Waals surface area contributed by atoms with Crippen LogP contribution in [-0.4, -0.2) is 47.6 Å². The van der Waals surface area contributed by atoms with Gasteiger partial charge in [0.15, 0.2) is 0 Å². The van der Waals surface area contributed by atoms with E-state index in [0.29, 0.717) is 11.4 Å². The van der Waals surface area contributed by atoms with E-state index in [9.17, 15) is 14.4 Å². The molecule has 2 unspecified atom stereocenters. The van der Waals surface area contributed by atoms with Crippen LogP contribution >= 0.6 is 0 Å². The van der Waals surface area contributed by atoms with Gasteiger partial charge in [-0.25, -0.2) is 4.79 Å². The molecule has 1 fully saturated rings. The van der Waals surface area contributed by atoms with Crippen molar-refractivity contribution in [2.24, 2.45) is 5.92 Å². The van der Waals surface area contributed by atoms with Crippen LogP contribution in [0.15, 0.2) is 42.5 Å². The highest BCUT2D eigenvalue weighted by Crippen LogP contribution is 2.36. The van der Waals surface area contributed by atoms with E-state index in [1.54, 1.807) is 57.0 Å². The van der Waals surface area contributed by atoms with Crippen molar-refractivity contribution in [3.8, 4) is 5.75 Å². The fourth-order valence-electron chi connectivity index (χ4n) is 4.66. The van der Waals surface area contributed by atoms with Crippen LogP contribution in [0.1, 0.15) is 76.6 Å². The second kappa shape index (κ2) is 12.5. The number of carbonyl (C=O) groups is 3. The summed E-state index contributed by atoms with van der Waals surface area (Å²) < 4.78 is 10.7. The van der Waals surface area contributed by atoms with E-state index >= 15 is 0 Å². The third-order valence-electron chi connectivity index (χ3n) is 7.15. The molecule has 1 aliphatic rings. The molecule has 8 heteroatoms. The Balaban J connectivity index is 2.04. The maximum atomic E-state index is 14.3. The number of ether oxygens (including phenoxy) is 2. The van der Waals surface area contributed by atoms with Crippen LogP contribution in [0.4, 0.5) is 10.5 Å². The largest absolute Gasteiger partial charge is 0.497 e. The van der Waals surface area contributed by atoms with Gasteiger partial charge in [-0.15, -0.1) is 0 Å². The number of amides is 3. The molecule has 2 aromatic carbocycles. The summed E-state index contributed by atoms with van der Waals surface area (Å²) in [6.07, 6.45) is 1.90. The molecule has 1 aliphatic carbocycles. The van der Waals surface area contributed by atoms with Gasteiger partial charge in [-0.1, -0.05) is 32.0 Å². The topological polar surface area (TPSA) is 97.0 Å². The molecule has 3 amide bonds. The first-order chi connectivity index (χ1) is 18.3. The first-order valence-corrected chi connectivity index (χ1v) is 13.6. The lowest BCUT2D eigenvalue weighted by Crippen LogP contribution is -2.58. The fourth-order valence-corrected chi connectivity index (χ4v) is 4.66. The number of carbonyl (C=O) groups excluding carboxylic acids is 3. The Kier molecular flexibility index (Phi) is 9.64. The molecule has 0 radical (unpaired) electrons. The van der Waals surface area contributed by atoms with Gasteiger partial charge in [-0.2, -0.15) is 0 Å². The molecule has 8 nitrogen and oxygen atoms in total. The minimum absolute atomic E-state index is 0.120. The molecular formula is C31H43N3O5. The van der Waals surface area contributed by atoms with Crippen LogP contribution in [0, 0.1) is 19.8 Å². The molecule has 0 bridgehead atoms. The maximum Gasteiger partial charge on any atom is 0.408 e. The quantitative estimate of drug-likeness (QED) is 0.414. The van der Waals surface area contributed by atoms with Crippen molar-refractivity contribution >= 4 is 23.6 Å². The SMILES string of the molecule is COc1ccc(NC(=O)C(c2cccc(C)c2C)N(C(=O)C(NC(=O)OC(C)(C)C)C(C)C)C2CCC2)cc1. The fraction of sp³-hybridized carbons (Fsp3) is 0.516. The van der Waals surface area contributed by atoms with Crippen molar-refractivity contribution in [1.29, 1.82) is 0 Å². The third kappa shape index (κ3) is 7.52. The van der Waals surface area contributed by atoms with E-state index in [-0.39, 0.29) is 23.8 Å². The minimum atomic E-state index is -0.883. The van der Waals surface area contributed by atoms with Crippen molar-refractivity contribution < 1.29 is 23.9 Å². The second-order valence-electron chi connectivity index (χ2n) is 11.6. The number of nitrogens with one attached hydrogen (secondary N) is 2. The smallest absolute Gasteiger partial charge is 0.408 e. The van der Waals surface area contributed by atoms with Crippen molar-refractivity contribution in [2.75, 3.05) is 12.4 Å². The van der Waals surface area contributed by atoms with Crippen molar-refractivity contribution in [3.05, 3.63) is 59.2 Å². The van der Waals surface area contributed by atoms with Crippen molar-refractivity contribution in [1.82, 2.24) is 10.2 Å². The van der Waals surface area contributed by atoms with Crippen LogP contribution in [0.3, 0.4) is 0 Å². The summed E-state index contributed by atoms with van der Waals surface area (Å²) in [5.41, 5.74) is 2.64. The summed E-state index contributed by atoms with van der Waals surface area (Å²) in [5, 5.41) is 5.81. The Morgan fingerprint density at radius 1 is 1.00 bits per heavy atom. The Morgan fingerprint density at radius 3 is 2.15 bits per heavy atom. The van der Waals surface area contributed by atoms with Crippen molar-refractivity contribution in [3.63, 3.8) is 0 Å². The van der Waals surface area contributed by atoms with Crippen LogP contribution in [0.5, 0.6) is 5.75 Å². The van der Waals surface area contributed by atoms with Gasteiger partial charge in [0.05, 0.1) is 7.11 Å². The molecule has 39 heavy (non-hydrogen) atoms. The van der Waals surface area contributed by atoms with E-state index in [2.05, 4.69) is 10.6 Å². The van der Waals surface area contributed by atoms with Gasteiger partial charge in [0.1, 0.15) is 23.4 Å². The van der Waals surface area contributed by atoms with Gasteiger partial charge >= 0.3 is 6.09 Å². The molecule has 0 aliphatic heterocycles. The molecule has 0 aromatic heterocycles. The lowest BCUT2D eigenvalue weighted by Gasteiger charge is -2.44. The van der Waals surface area contributed by atoms with Gasteiger partial charge in [-0.05, 0) is 101 Å². The summed E-state index contributed by atoms with van der Waals surface area (Å²) >= 11 is 0. The highest BCUT2D eigenvalue weighted by Gasteiger charge is 2.43. The van der Waals surface area contributed by atoms with Crippen LogP contribution in [0.2, 0.25) is 0 Å². The van der Waals surface area contributed by atoms with Gasteiger partial charge in [-0.3, -0.25) is 9.59 Å². The van der Waals surface area contributed by atoms with E-state index < -0.39 is 23.8 Å². The standard InChI is InChI=1S/C31H43N3O5/c1-19(2)26(33-30(37)39-31(5,6)7)29(36)34(23-12-10-13-23)27(25-14-9-11-20(3)21(25)4)28(35)32-22-15-17-24(38-8)18-16-22/h9,11,14-19,23,26-27H,10,12-13H2,1-8H3,(H,32,35)(H,33,37). The summed E-state index contributed by atoms with van der Waals surface area (Å²) in [4.78, 5) is 42.8. The molecule has 2 aromatic rings. The van der Waals surface area contributed by atoms with E-state index in [4.69, 9.17) is 9.47 Å². The lowest BCUT2D eigenvalue weighted by molar-refractivity contribution is -0.146. The molecular weight excluding hydrogens is 494 g/mol. The molecule has 0 saturated heterocycles. The molecule has 1 saturated carbocycles. The van der Waals surface area contributed by atoms with Gasteiger partial charge < -0.3 is 25.0 Å². The average Bonchev–Trinajstić information content (AvgIpc) is 2.82. The molecule has 212 valence electrons. The zero-order chi connectivity index (χ0) is 28.9. The predicted molar refractivity (Wildman–Crippen MR) is 153 cm³/mol. The Labute approximate surface area is 232 Å². The monoisotopic (exact) mass is 537 g/mol. The number of anilines is 1. The second-order valence-corrected chi connectivity index (χ2v) is 11.6. The Hall–Kier alpha value is -3.55. The summed E-state index contributed by atoms with van der Waals surface area (Å²) in [5.74, 6) is -0.153. The van der Waals surface area contributed by atoms with Gasteiger partial charge in [0, 0.05) is 11.7 Å². The highest BCUT2D eigenvalue weighted by atomic mass is 16.6. The molecule has 0 spiro atoms. The van der Waals surface area contributed by atoms with Crippen LogP contribution in [0.25, 0.3) is 0 Å². The number of methoxy groups -OCH3 is 1. The number of alkyl carbamates (subject to hydrolysis) is 1. The summed E-state index contributed by atoms with van der Waals surface area (Å²) in [6, 6.07) is 11.0. The van der Waals surface area contributed by atoms with E-state index in [0.717, 1.165) is 36.0 Å². The van der Waals surface area contributed by atoms with Crippen LogP contribution < -0.4 is 15.4 Å². The van der Waals surface area contributed by atoms with E-state index in [1.807, 2.05) is 45.9 Å². The number of benzene rings is 2. The predicted octanol–water partition coefficient (Wildman–Crippen LogP) is 5.92. The summed E-state index contributed by atoms with van der Waals surface area (Å²) in [6.45, 7) is 13.1. The van der Waals surface area contributed by atoms with E-state index in [1.165, 1.54) is 0 Å². The average molecular weight is 538 g/mol. The molecule has 2 atom stereocenters. The molecule has 2 N–H and O–H groups in total. The molecule has 0 heterocycles. The number of nitrogens with zero attached hydrogens (tertiary/aromatic N) is 1. The highest BCUT2D eigenvalue weighted by molar-refractivity contribution is 5.99. The first-order valence-electron chi connectivity index (χ1n) is 13.6. The number of hydrogen-bond donors (Lipinski definition) is 2. The number of rotatable bonds is 9.